The summed E-state index contributed by atoms with van der Waals surface area (Å²) < 4.78 is 10.7. The molecule has 0 aromatic carbocycles. The van der Waals surface area contributed by atoms with Gasteiger partial charge in [-0.15, -0.1) is 0 Å². The average Bonchev–Trinajstić information content (AvgIpc) is 2.84. The minimum absolute atomic E-state index is 0.260. The van der Waals surface area contributed by atoms with Gasteiger partial charge in [0.1, 0.15) is 11.8 Å². The lowest BCUT2D eigenvalue weighted by Gasteiger charge is -2.14. The van der Waals surface area contributed by atoms with E-state index in [-0.39, 0.29) is 6.10 Å². The van der Waals surface area contributed by atoms with E-state index in [1.54, 1.807) is 6.07 Å². The van der Waals surface area contributed by atoms with Crippen molar-refractivity contribution in [1.82, 2.24) is 5.32 Å². The van der Waals surface area contributed by atoms with Gasteiger partial charge < -0.3 is 14.5 Å². The second-order valence-corrected chi connectivity index (χ2v) is 3.73. The third kappa shape index (κ3) is 2.38. The van der Waals surface area contributed by atoms with Gasteiger partial charge in [-0.1, -0.05) is 0 Å². The first kappa shape index (κ1) is 10.2. The molecule has 2 rings (SSSR count). The lowest BCUT2D eigenvalue weighted by molar-refractivity contribution is 0.112. The van der Waals surface area contributed by atoms with Crippen molar-refractivity contribution in [2.45, 2.75) is 32.0 Å². The summed E-state index contributed by atoms with van der Waals surface area (Å²) in [5.74, 6) is 1.16. The summed E-state index contributed by atoms with van der Waals surface area (Å²) >= 11 is 0. The molecule has 2 heterocycles. The summed E-state index contributed by atoms with van der Waals surface area (Å²) in [5, 5.41) is 11.9. The second kappa shape index (κ2) is 4.47. The first-order chi connectivity index (χ1) is 7.29. The molecule has 1 aromatic rings. The van der Waals surface area contributed by atoms with Gasteiger partial charge in [0.25, 0.3) is 0 Å². The highest BCUT2D eigenvalue weighted by atomic mass is 16.5. The molecule has 0 saturated carbocycles. The van der Waals surface area contributed by atoms with Gasteiger partial charge in [0, 0.05) is 12.6 Å². The largest absolute Gasteiger partial charge is 0.449 e. The quantitative estimate of drug-likeness (QED) is 0.812. The van der Waals surface area contributed by atoms with Crippen LogP contribution in [-0.4, -0.2) is 18.8 Å². The Morgan fingerprint density at radius 2 is 2.47 bits per heavy atom. The average molecular weight is 206 g/mol. The van der Waals surface area contributed by atoms with Gasteiger partial charge in [0.05, 0.1) is 12.6 Å². The summed E-state index contributed by atoms with van der Waals surface area (Å²) in [6.45, 7) is 3.54. The molecule has 1 saturated heterocycles. The maximum Gasteiger partial charge on any atom is 0.203 e. The van der Waals surface area contributed by atoms with Crippen LogP contribution >= 0.6 is 0 Å². The molecule has 2 atom stereocenters. The topological polar surface area (TPSA) is 58.2 Å². The Balaban J connectivity index is 1.85. The molecule has 0 aliphatic carbocycles. The molecule has 4 nitrogen and oxygen atoms in total. The number of furan rings is 1. The monoisotopic (exact) mass is 206 g/mol. The van der Waals surface area contributed by atoms with E-state index in [1.165, 1.54) is 0 Å². The van der Waals surface area contributed by atoms with Crippen molar-refractivity contribution in [1.29, 1.82) is 5.26 Å². The summed E-state index contributed by atoms with van der Waals surface area (Å²) in [6, 6.07) is 5.87. The van der Waals surface area contributed by atoms with E-state index in [9.17, 15) is 0 Å². The minimum Gasteiger partial charge on any atom is -0.449 e. The van der Waals surface area contributed by atoms with Gasteiger partial charge in [-0.2, -0.15) is 5.26 Å². The predicted molar refractivity (Wildman–Crippen MR) is 54.1 cm³/mol. The Hall–Kier alpha value is -1.31. The molecular weight excluding hydrogens is 192 g/mol. The molecule has 2 unspecified atom stereocenters. The highest BCUT2D eigenvalue weighted by Crippen LogP contribution is 2.14. The van der Waals surface area contributed by atoms with E-state index >= 15 is 0 Å². The van der Waals surface area contributed by atoms with Crippen molar-refractivity contribution in [3.05, 3.63) is 23.7 Å². The molecule has 0 bridgehead atoms. The number of nitriles is 1. The van der Waals surface area contributed by atoms with Gasteiger partial charge in [-0.3, -0.25) is 0 Å². The molecule has 1 fully saturated rings. The van der Waals surface area contributed by atoms with Gasteiger partial charge >= 0.3 is 0 Å². The molecule has 0 spiro atoms. The first-order valence-electron chi connectivity index (χ1n) is 5.13. The zero-order valence-electron chi connectivity index (χ0n) is 8.69. The maximum atomic E-state index is 8.59. The Morgan fingerprint density at radius 3 is 3.07 bits per heavy atom. The van der Waals surface area contributed by atoms with E-state index < -0.39 is 0 Å². The van der Waals surface area contributed by atoms with Crippen LogP contribution in [0.25, 0.3) is 0 Å². The van der Waals surface area contributed by atoms with Crippen LogP contribution in [0, 0.1) is 11.3 Å². The number of hydrogen-bond acceptors (Lipinski definition) is 4. The fourth-order valence-corrected chi connectivity index (χ4v) is 1.76. The highest BCUT2D eigenvalue weighted by Gasteiger charge is 2.23. The van der Waals surface area contributed by atoms with E-state index in [0.717, 1.165) is 18.8 Å². The fraction of sp³-hybridized carbons (Fsp3) is 0.545. The molecular formula is C11H14N2O2. The molecule has 1 aliphatic heterocycles. The Labute approximate surface area is 88.8 Å². The molecule has 4 heteroatoms. The van der Waals surface area contributed by atoms with Gasteiger partial charge in [0.2, 0.25) is 5.76 Å². The van der Waals surface area contributed by atoms with Crippen molar-refractivity contribution >= 4 is 0 Å². The first-order valence-corrected chi connectivity index (χ1v) is 5.13. The van der Waals surface area contributed by atoms with Gasteiger partial charge in [0.15, 0.2) is 0 Å². The Morgan fingerprint density at radius 1 is 1.60 bits per heavy atom. The van der Waals surface area contributed by atoms with Crippen molar-refractivity contribution in [3.8, 4) is 6.07 Å². The summed E-state index contributed by atoms with van der Waals surface area (Å²) in [6.07, 6.45) is 1.29. The van der Waals surface area contributed by atoms with Crippen LogP contribution in [0.1, 0.15) is 24.9 Å². The van der Waals surface area contributed by atoms with Crippen LogP contribution in [0.5, 0.6) is 0 Å². The van der Waals surface area contributed by atoms with Crippen molar-refractivity contribution in [3.63, 3.8) is 0 Å². The molecule has 0 radical (unpaired) electrons. The van der Waals surface area contributed by atoms with Crippen LogP contribution < -0.4 is 5.32 Å². The number of nitrogens with zero attached hydrogens (tertiary/aromatic N) is 1. The van der Waals surface area contributed by atoms with Crippen LogP contribution in [0.15, 0.2) is 16.5 Å². The van der Waals surface area contributed by atoms with E-state index in [4.69, 9.17) is 14.4 Å². The molecule has 15 heavy (non-hydrogen) atoms. The Bertz CT molecular complexity index is 367. The number of hydrogen-bond donors (Lipinski definition) is 1. The maximum absolute atomic E-state index is 8.59. The van der Waals surface area contributed by atoms with E-state index in [2.05, 4.69) is 12.2 Å². The van der Waals surface area contributed by atoms with Crippen LogP contribution in [0.4, 0.5) is 0 Å². The Kier molecular flexibility index (Phi) is 3.05. The lowest BCUT2D eigenvalue weighted by Crippen LogP contribution is -2.33. The van der Waals surface area contributed by atoms with Gasteiger partial charge in [-0.05, 0) is 25.5 Å². The normalized spacial score (nSPS) is 25.3. The summed E-state index contributed by atoms with van der Waals surface area (Å²) in [4.78, 5) is 0. The molecule has 0 amide bonds. The minimum atomic E-state index is 0.260. The second-order valence-electron chi connectivity index (χ2n) is 3.73. The molecule has 80 valence electrons. The summed E-state index contributed by atoms with van der Waals surface area (Å²) in [5.41, 5.74) is 0. The lowest BCUT2D eigenvalue weighted by atomic mass is 10.1. The van der Waals surface area contributed by atoms with Crippen LogP contribution in [-0.2, 0) is 11.3 Å². The SMILES string of the molecule is CC1OCCC1NCc1ccc(C#N)o1. The number of nitrogens with one attached hydrogen (secondary N) is 1. The standard InChI is InChI=1S/C11H14N2O2/c1-8-11(4-5-14-8)13-7-10-3-2-9(6-12)15-10/h2-3,8,11,13H,4-5,7H2,1H3. The highest BCUT2D eigenvalue weighted by molar-refractivity contribution is 5.19. The number of ether oxygens (including phenoxy) is 1. The molecule has 1 aromatic heterocycles. The molecule has 1 N–H and O–H groups in total. The summed E-state index contributed by atoms with van der Waals surface area (Å²) in [7, 11) is 0. The third-order valence-electron chi connectivity index (χ3n) is 2.69. The van der Waals surface area contributed by atoms with E-state index in [1.807, 2.05) is 12.1 Å². The smallest absolute Gasteiger partial charge is 0.203 e. The number of rotatable bonds is 3. The zero-order valence-corrected chi connectivity index (χ0v) is 8.69. The third-order valence-corrected chi connectivity index (χ3v) is 2.69. The van der Waals surface area contributed by atoms with Crippen LogP contribution in [0.2, 0.25) is 0 Å². The van der Waals surface area contributed by atoms with Crippen molar-refractivity contribution < 1.29 is 9.15 Å². The predicted octanol–water partition coefficient (Wildman–Crippen LogP) is 1.42. The van der Waals surface area contributed by atoms with E-state index in [0.29, 0.717) is 18.3 Å². The van der Waals surface area contributed by atoms with Crippen LogP contribution in [0.3, 0.4) is 0 Å². The van der Waals surface area contributed by atoms with Crippen molar-refractivity contribution in [2.24, 2.45) is 0 Å². The molecule has 1 aliphatic rings. The zero-order chi connectivity index (χ0) is 10.7. The van der Waals surface area contributed by atoms with Gasteiger partial charge in [-0.25, -0.2) is 0 Å². The van der Waals surface area contributed by atoms with Crippen molar-refractivity contribution in [2.75, 3.05) is 6.61 Å². The fourth-order valence-electron chi connectivity index (χ4n) is 1.76.